The van der Waals surface area contributed by atoms with Gasteiger partial charge in [0.1, 0.15) is 0 Å². The van der Waals surface area contributed by atoms with Gasteiger partial charge in [0.05, 0.1) is 0 Å². The van der Waals surface area contributed by atoms with Crippen molar-refractivity contribution in [1.29, 1.82) is 0 Å². The van der Waals surface area contributed by atoms with Crippen LogP contribution in [0.15, 0.2) is 0 Å². The SMILES string of the molecule is CCCCCCCC[C@H]1CCC[C@@H]1CCCCC#CC(=O)O. The van der Waals surface area contributed by atoms with Gasteiger partial charge in [0, 0.05) is 12.3 Å². The molecule has 22 heavy (non-hydrogen) atoms. The molecule has 0 aliphatic heterocycles. The minimum absolute atomic E-state index is 0.737. The van der Waals surface area contributed by atoms with Gasteiger partial charge in [0.15, 0.2) is 0 Å². The van der Waals surface area contributed by atoms with Crippen LogP contribution in [0.1, 0.15) is 96.8 Å². The summed E-state index contributed by atoms with van der Waals surface area (Å²) in [7, 11) is 0. The molecule has 0 amide bonds. The Morgan fingerprint density at radius 1 is 0.955 bits per heavy atom. The van der Waals surface area contributed by atoms with Gasteiger partial charge in [-0.25, -0.2) is 4.79 Å². The quantitative estimate of drug-likeness (QED) is 0.387. The normalized spacial score (nSPS) is 20.6. The third-order valence-electron chi connectivity index (χ3n) is 5.07. The molecule has 0 radical (unpaired) electrons. The van der Waals surface area contributed by atoms with Crippen LogP contribution in [0.2, 0.25) is 0 Å². The Bertz CT molecular complexity index is 350. The lowest BCUT2D eigenvalue weighted by Gasteiger charge is -2.19. The first-order valence-electron chi connectivity index (χ1n) is 9.45. The summed E-state index contributed by atoms with van der Waals surface area (Å²) in [5, 5.41) is 8.45. The second-order valence-electron chi connectivity index (χ2n) is 6.86. The number of carbonyl (C=O) groups is 1. The van der Waals surface area contributed by atoms with Crippen LogP contribution in [0, 0.1) is 23.7 Å². The first kappa shape index (κ1) is 19.1. The zero-order valence-electron chi connectivity index (χ0n) is 14.4. The van der Waals surface area contributed by atoms with E-state index in [1.165, 1.54) is 77.0 Å². The minimum atomic E-state index is -1.00. The van der Waals surface area contributed by atoms with E-state index >= 15 is 0 Å². The largest absolute Gasteiger partial charge is 0.472 e. The monoisotopic (exact) mass is 306 g/mol. The van der Waals surface area contributed by atoms with E-state index < -0.39 is 5.97 Å². The van der Waals surface area contributed by atoms with Crippen molar-refractivity contribution in [2.75, 3.05) is 0 Å². The number of carboxylic acids is 1. The van der Waals surface area contributed by atoms with E-state index in [-0.39, 0.29) is 0 Å². The van der Waals surface area contributed by atoms with Crippen LogP contribution in [-0.2, 0) is 4.79 Å². The van der Waals surface area contributed by atoms with Gasteiger partial charge in [0.25, 0.3) is 0 Å². The third-order valence-corrected chi connectivity index (χ3v) is 5.07. The van der Waals surface area contributed by atoms with Crippen molar-refractivity contribution in [2.24, 2.45) is 11.8 Å². The lowest BCUT2D eigenvalue weighted by Crippen LogP contribution is -2.08. The average Bonchev–Trinajstić information content (AvgIpc) is 2.93. The van der Waals surface area contributed by atoms with Gasteiger partial charge in [-0.15, -0.1) is 0 Å². The van der Waals surface area contributed by atoms with E-state index in [0.717, 1.165) is 24.7 Å². The Kier molecular flexibility index (Phi) is 10.9. The molecule has 2 heteroatoms. The van der Waals surface area contributed by atoms with Gasteiger partial charge < -0.3 is 5.11 Å². The van der Waals surface area contributed by atoms with Crippen molar-refractivity contribution < 1.29 is 9.90 Å². The Labute approximate surface area is 137 Å². The lowest BCUT2D eigenvalue weighted by atomic mass is 9.87. The first-order valence-corrected chi connectivity index (χ1v) is 9.45. The summed E-state index contributed by atoms with van der Waals surface area (Å²) in [4.78, 5) is 10.3. The highest BCUT2D eigenvalue weighted by Gasteiger charge is 2.25. The van der Waals surface area contributed by atoms with Crippen molar-refractivity contribution in [3.63, 3.8) is 0 Å². The van der Waals surface area contributed by atoms with Crippen molar-refractivity contribution in [3.8, 4) is 11.8 Å². The maximum atomic E-state index is 10.3. The van der Waals surface area contributed by atoms with E-state index in [4.69, 9.17) is 5.11 Å². The molecule has 0 unspecified atom stereocenters. The molecule has 2 nitrogen and oxygen atoms in total. The molecule has 0 bridgehead atoms. The molecule has 1 aliphatic rings. The summed E-state index contributed by atoms with van der Waals surface area (Å²) < 4.78 is 0. The second-order valence-corrected chi connectivity index (χ2v) is 6.86. The molecule has 2 atom stereocenters. The van der Waals surface area contributed by atoms with Crippen LogP contribution in [0.25, 0.3) is 0 Å². The summed E-state index contributed by atoms with van der Waals surface area (Å²) >= 11 is 0. The highest BCUT2D eigenvalue weighted by atomic mass is 16.4. The summed E-state index contributed by atoms with van der Waals surface area (Å²) in [5.41, 5.74) is 0. The van der Waals surface area contributed by atoms with Gasteiger partial charge in [-0.2, -0.15) is 0 Å². The van der Waals surface area contributed by atoms with Crippen molar-refractivity contribution in [1.82, 2.24) is 0 Å². The van der Waals surface area contributed by atoms with Crippen molar-refractivity contribution >= 4 is 5.97 Å². The summed E-state index contributed by atoms with van der Waals surface area (Å²) in [5.74, 6) is 5.83. The summed E-state index contributed by atoms with van der Waals surface area (Å²) in [6, 6.07) is 0. The Morgan fingerprint density at radius 3 is 2.18 bits per heavy atom. The molecule has 1 aliphatic carbocycles. The van der Waals surface area contributed by atoms with Crippen LogP contribution in [0.4, 0.5) is 0 Å². The molecule has 0 aromatic rings. The standard InChI is InChI=1S/C20H34O2/c1-2-3-4-5-6-9-13-18-15-12-16-19(18)14-10-7-8-11-17-20(21)22/h18-19H,2-10,12-16H2,1H3,(H,21,22)/t18-,19-/m0/s1. The van der Waals surface area contributed by atoms with Crippen LogP contribution in [-0.4, -0.2) is 11.1 Å². The molecule has 1 fully saturated rings. The Morgan fingerprint density at radius 2 is 1.55 bits per heavy atom. The number of hydrogen-bond acceptors (Lipinski definition) is 1. The molecule has 1 N–H and O–H groups in total. The minimum Gasteiger partial charge on any atom is -0.472 e. The fourth-order valence-corrected chi connectivity index (χ4v) is 3.82. The Balaban J connectivity index is 2.05. The van der Waals surface area contributed by atoms with E-state index in [9.17, 15) is 4.79 Å². The predicted molar refractivity (Wildman–Crippen MR) is 92.7 cm³/mol. The first-order chi connectivity index (χ1) is 10.7. The molecular weight excluding hydrogens is 272 g/mol. The van der Waals surface area contributed by atoms with Gasteiger partial charge in [-0.3, -0.25) is 0 Å². The topological polar surface area (TPSA) is 37.3 Å². The molecule has 1 saturated carbocycles. The maximum absolute atomic E-state index is 10.3. The molecule has 1 rings (SSSR count). The van der Waals surface area contributed by atoms with E-state index in [2.05, 4.69) is 18.8 Å². The van der Waals surface area contributed by atoms with Gasteiger partial charge in [-0.05, 0) is 18.3 Å². The fraction of sp³-hybridized carbons (Fsp3) is 0.850. The smallest absolute Gasteiger partial charge is 0.381 e. The molecule has 0 heterocycles. The van der Waals surface area contributed by atoms with Crippen LogP contribution in [0.5, 0.6) is 0 Å². The number of unbranched alkanes of at least 4 members (excludes halogenated alkanes) is 7. The zero-order chi connectivity index (χ0) is 16.0. The fourth-order valence-electron chi connectivity index (χ4n) is 3.82. The second kappa shape index (κ2) is 12.6. The summed E-state index contributed by atoms with van der Waals surface area (Å²) in [6.07, 6.45) is 18.5. The number of aliphatic carboxylic acids is 1. The van der Waals surface area contributed by atoms with Crippen molar-refractivity contribution in [2.45, 2.75) is 96.8 Å². The van der Waals surface area contributed by atoms with Crippen molar-refractivity contribution in [3.05, 3.63) is 0 Å². The molecule has 0 spiro atoms. The predicted octanol–water partition coefficient (Wildman–Crippen LogP) is 5.80. The van der Waals surface area contributed by atoms with Gasteiger partial charge >= 0.3 is 5.97 Å². The van der Waals surface area contributed by atoms with Gasteiger partial charge in [0.2, 0.25) is 0 Å². The average molecular weight is 306 g/mol. The lowest BCUT2D eigenvalue weighted by molar-refractivity contribution is -0.130. The van der Waals surface area contributed by atoms with E-state index in [1.54, 1.807) is 0 Å². The van der Waals surface area contributed by atoms with Gasteiger partial charge in [-0.1, -0.05) is 89.9 Å². The van der Waals surface area contributed by atoms with Crippen LogP contribution >= 0.6 is 0 Å². The highest BCUT2D eigenvalue weighted by molar-refractivity contribution is 5.86. The molecule has 0 aromatic heterocycles. The number of carboxylic acid groups (broad SMARTS) is 1. The third kappa shape index (κ3) is 9.13. The van der Waals surface area contributed by atoms with E-state index in [1.807, 2.05) is 0 Å². The number of hydrogen-bond donors (Lipinski definition) is 1. The number of rotatable bonds is 11. The van der Waals surface area contributed by atoms with E-state index in [0.29, 0.717) is 0 Å². The van der Waals surface area contributed by atoms with Crippen LogP contribution in [0.3, 0.4) is 0 Å². The molecular formula is C20H34O2. The molecule has 0 saturated heterocycles. The van der Waals surface area contributed by atoms with Crippen LogP contribution < -0.4 is 0 Å². The zero-order valence-corrected chi connectivity index (χ0v) is 14.4. The highest BCUT2D eigenvalue weighted by Crippen LogP contribution is 2.38. The molecule has 126 valence electrons. The Hall–Kier alpha value is -0.970. The summed E-state index contributed by atoms with van der Waals surface area (Å²) in [6.45, 7) is 2.27. The molecule has 0 aromatic carbocycles. The maximum Gasteiger partial charge on any atom is 0.381 e.